The van der Waals surface area contributed by atoms with Gasteiger partial charge in [-0.2, -0.15) is 4.99 Å². The van der Waals surface area contributed by atoms with Crippen LogP contribution in [0.3, 0.4) is 0 Å². The number of rotatable bonds is 5. The highest BCUT2D eigenvalue weighted by Crippen LogP contribution is 2.47. The number of methoxy groups -OCH3 is 1. The number of fused-ring (bicyclic) bond motifs is 2. The van der Waals surface area contributed by atoms with E-state index in [0.29, 0.717) is 23.9 Å². The summed E-state index contributed by atoms with van der Waals surface area (Å²) in [5.74, 6) is 1.34. The summed E-state index contributed by atoms with van der Waals surface area (Å²) in [6.45, 7) is 0.452. The predicted octanol–water partition coefficient (Wildman–Crippen LogP) is 5.15. The Morgan fingerprint density at radius 2 is 1.87 bits per heavy atom. The van der Waals surface area contributed by atoms with E-state index in [1.54, 1.807) is 18.9 Å². The average Bonchev–Trinajstić information content (AvgIpc) is 3.17. The molecular formula is C24H22N2O3S. The van der Waals surface area contributed by atoms with Crippen molar-refractivity contribution in [2.75, 3.05) is 7.11 Å². The lowest BCUT2D eigenvalue weighted by molar-refractivity contribution is -0.118. The first kappa shape index (κ1) is 19.1. The van der Waals surface area contributed by atoms with Gasteiger partial charge in [-0.15, -0.1) is 0 Å². The summed E-state index contributed by atoms with van der Waals surface area (Å²) in [5, 5.41) is 0.875. The number of hydrogen-bond acceptors (Lipinski definition) is 5. The first-order valence-corrected chi connectivity index (χ1v) is 11.0. The molecule has 2 aromatic rings. The van der Waals surface area contributed by atoms with Crippen molar-refractivity contribution in [2.45, 2.75) is 32.3 Å². The second-order valence-electron chi connectivity index (χ2n) is 7.55. The van der Waals surface area contributed by atoms with E-state index in [1.807, 2.05) is 48.5 Å². The van der Waals surface area contributed by atoms with Crippen LogP contribution in [0.15, 0.2) is 69.0 Å². The Labute approximate surface area is 179 Å². The molecule has 2 aliphatic heterocycles. The molecule has 1 aliphatic carbocycles. The van der Waals surface area contributed by atoms with Gasteiger partial charge in [0.15, 0.2) is 17.3 Å². The molecule has 0 spiro atoms. The molecule has 2 heterocycles. The highest BCUT2D eigenvalue weighted by atomic mass is 32.2. The van der Waals surface area contributed by atoms with Crippen LogP contribution in [0.5, 0.6) is 11.5 Å². The van der Waals surface area contributed by atoms with Gasteiger partial charge < -0.3 is 9.47 Å². The van der Waals surface area contributed by atoms with E-state index < -0.39 is 0 Å². The fourth-order valence-corrected chi connectivity index (χ4v) is 5.43. The van der Waals surface area contributed by atoms with Crippen molar-refractivity contribution < 1.29 is 14.3 Å². The number of amides is 1. The molecular weight excluding hydrogens is 396 g/mol. The van der Waals surface area contributed by atoms with Crippen LogP contribution in [-0.2, 0) is 11.4 Å². The minimum Gasteiger partial charge on any atom is -0.493 e. The maximum atomic E-state index is 12.8. The van der Waals surface area contributed by atoms with E-state index in [4.69, 9.17) is 14.5 Å². The number of ether oxygens (including phenoxy) is 2. The number of nitrogens with zero attached hydrogens (tertiary/aromatic N) is 2. The molecule has 0 radical (unpaired) electrons. The quantitative estimate of drug-likeness (QED) is 0.674. The molecule has 3 aliphatic rings. The molecule has 0 saturated heterocycles. The average molecular weight is 419 g/mol. The highest BCUT2D eigenvalue weighted by Gasteiger charge is 2.40. The number of amidine groups is 1. The summed E-state index contributed by atoms with van der Waals surface area (Å²) >= 11 is 1.67. The van der Waals surface area contributed by atoms with Crippen LogP contribution in [0, 0.1) is 5.92 Å². The third kappa shape index (κ3) is 3.56. The van der Waals surface area contributed by atoms with Gasteiger partial charge in [0.25, 0.3) is 5.91 Å². The minimum atomic E-state index is -0.246. The third-order valence-electron chi connectivity index (χ3n) is 5.62. The van der Waals surface area contributed by atoms with Gasteiger partial charge in [-0.25, -0.2) is 4.99 Å². The predicted molar refractivity (Wildman–Crippen MR) is 119 cm³/mol. The summed E-state index contributed by atoms with van der Waals surface area (Å²) in [6.07, 6.45) is 4.38. The van der Waals surface area contributed by atoms with Crippen molar-refractivity contribution in [1.29, 1.82) is 0 Å². The van der Waals surface area contributed by atoms with Crippen LogP contribution in [0.25, 0.3) is 0 Å². The van der Waals surface area contributed by atoms with E-state index in [9.17, 15) is 4.79 Å². The van der Waals surface area contributed by atoms with Crippen LogP contribution in [0.4, 0.5) is 0 Å². The Balaban J connectivity index is 1.38. The van der Waals surface area contributed by atoms with E-state index >= 15 is 0 Å². The Morgan fingerprint density at radius 3 is 2.70 bits per heavy atom. The zero-order chi connectivity index (χ0) is 20.5. The monoisotopic (exact) mass is 418 g/mol. The molecule has 1 unspecified atom stereocenters. The first-order valence-electron chi connectivity index (χ1n) is 10.2. The summed E-state index contributed by atoms with van der Waals surface area (Å²) < 4.78 is 11.5. The zero-order valence-corrected chi connectivity index (χ0v) is 17.6. The number of hydrogen-bond donors (Lipinski definition) is 0. The molecule has 1 amide bonds. The van der Waals surface area contributed by atoms with Crippen LogP contribution >= 0.6 is 11.8 Å². The maximum Gasteiger partial charge on any atom is 0.261 e. The topological polar surface area (TPSA) is 60.2 Å². The molecule has 0 saturated carbocycles. The molecule has 2 aromatic carbocycles. The molecule has 0 N–H and O–H groups in total. The molecule has 152 valence electrons. The van der Waals surface area contributed by atoms with Crippen molar-refractivity contribution in [3.05, 3.63) is 70.1 Å². The van der Waals surface area contributed by atoms with E-state index in [0.717, 1.165) is 35.4 Å². The van der Waals surface area contributed by atoms with Crippen molar-refractivity contribution in [3.63, 3.8) is 0 Å². The van der Waals surface area contributed by atoms with E-state index in [-0.39, 0.29) is 11.8 Å². The standard InChI is InChI=1S/C24H22N2O3S/c1-28-19-13-16(11-12-18(19)29-14-15-7-3-2-4-8-15)22-25-23(27)21-17-9-5-6-10-20(17)30-24(21)26-22/h2-4,7-8,11-13,21H,5-6,9-10,14H2,1H3. The Kier molecular flexibility index (Phi) is 5.17. The van der Waals surface area contributed by atoms with Gasteiger partial charge >= 0.3 is 0 Å². The second-order valence-corrected chi connectivity index (χ2v) is 8.67. The zero-order valence-electron chi connectivity index (χ0n) is 16.8. The number of carbonyl (C=O) groups is 1. The largest absolute Gasteiger partial charge is 0.493 e. The number of allylic oxidation sites excluding steroid dienone is 1. The van der Waals surface area contributed by atoms with Crippen molar-refractivity contribution in [3.8, 4) is 11.5 Å². The SMILES string of the molecule is COc1cc(C2=NC(=O)C3C(=N2)SC2=C3CCCC2)ccc1OCc1ccccc1. The summed E-state index contributed by atoms with van der Waals surface area (Å²) in [5.41, 5.74) is 3.08. The van der Waals surface area contributed by atoms with Gasteiger partial charge in [0.2, 0.25) is 0 Å². The lowest BCUT2D eigenvalue weighted by Gasteiger charge is -2.18. The van der Waals surface area contributed by atoms with Gasteiger partial charge in [0.1, 0.15) is 12.5 Å². The lowest BCUT2D eigenvalue weighted by atomic mass is 9.89. The van der Waals surface area contributed by atoms with Crippen LogP contribution in [-0.4, -0.2) is 23.9 Å². The minimum absolute atomic E-state index is 0.0993. The summed E-state index contributed by atoms with van der Waals surface area (Å²) in [7, 11) is 1.61. The van der Waals surface area contributed by atoms with Crippen molar-refractivity contribution >= 4 is 28.5 Å². The first-order chi connectivity index (χ1) is 14.7. The van der Waals surface area contributed by atoms with Crippen molar-refractivity contribution in [1.82, 2.24) is 0 Å². The van der Waals surface area contributed by atoms with Crippen LogP contribution < -0.4 is 9.47 Å². The highest BCUT2D eigenvalue weighted by molar-refractivity contribution is 8.17. The Morgan fingerprint density at radius 1 is 1.03 bits per heavy atom. The van der Waals surface area contributed by atoms with Gasteiger partial charge in [0.05, 0.1) is 12.2 Å². The fraction of sp³-hybridized carbons (Fsp3) is 0.292. The van der Waals surface area contributed by atoms with Crippen molar-refractivity contribution in [2.24, 2.45) is 15.9 Å². The van der Waals surface area contributed by atoms with Gasteiger partial charge in [-0.3, -0.25) is 4.79 Å². The van der Waals surface area contributed by atoms with Gasteiger partial charge in [-0.05, 0) is 59.9 Å². The smallest absolute Gasteiger partial charge is 0.261 e. The molecule has 6 heteroatoms. The van der Waals surface area contributed by atoms with E-state index in [2.05, 4.69) is 4.99 Å². The summed E-state index contributed by atoms with van der Waals surface area (Å²) in [4.78, 5) is 23.2. The molecule has 0 aromatic heterocycles. The Hall–Kier alpha value is -2.86. The second kappa shape index (κ2) is 8.11. The third-order valence-corrected chi connectivity index (χ3v) is 6.87. The summed E-state index contributed by atoms with van der Waals surface area (Å²) in [6, 6.07) is 15.5. The number of carbonyl (C=O) groups excluding carboxylic acids is 1. The molecule has 0 fully saturated rings. The fourth-order valence-electron chi connectivity index (χ4n) is 4.09. The Bertz CT molecular complexity index is 1090. The lowest BCUT2D eigenvalue weighted by Crippen LogP contribution is -2.26. The molecule has 0 bridgehead atoms. The van der Waals surface area contributed by atoms with E-state index in [1.165, 1.54) is 16.9 Å². The molecule has 1 atom stereocenters. The molecule has 30 heavy (non-hydrogen) atoms. The normalized spacial score (nSPS) is 20.3. The number of benzene rings is 2. The number of thioether (sulfide) groups is 1. The van der Waals surface area contributed by atoms with Crippen LogP contribution in [0.1, 0.15) is 36.8 Å². The van der Waals surface area contributed by atoms with Crippen LogP contribution in [0.2, 0.25) is 0 Å². The maximum absolute atomic E-state index is 12.8. The molecule has 5 rings (SSSR count). The van der Waals surface area contributed by atoms with Gasteiger partial charge in [0, 0.05) is 5.56 Å². The molecule has 5 nitrogen and oxygen atoms in total. The number of aliphatic imine (C=N–C) groups is 2. The van der Waals surface area contributed by atoms with Gasteiger partial charge in [-0.1, -0.05) is 42.1 Å².